The van der Waals surface area contributed by atoms with E-state index >= 15 is 0 Å². The summed E-state index contributed by atoms with van der Waals surface area (Å²) in [5, 5.41) is 12.1. The summed E-state index contributed by atoms with van der Waals surface area (Å²) in [6.07, 6.45) is 1.87. The highest BCUT2D eigenvalue weighted by molar-refractivity contribution is 5.79. The van der Waals surface area contributed by atoms with E-state index in [1.807, 2.05) is 30.3 Å². The zero-order chi connectivity index (χ0) is 19.2. The van der Waals surface area contributed by atoms with Gasteiger partial charge in [0.1, 0.15) is 5.76 Å². The van der Waals surface area contributed by atoms with Crippen molar-refractivity contribution >= 4 is 11.9 Å². The molecule has 0 fully saturated rings. The Hall–Kier alpha value is -3.35. The van der Waals surface area contributed by atoms with Crippen LogP contribution in [-0.4, -0.2) is 28.5 Å². The van der Waals surface area contributed by atoms with Crippen LogP contribution in [0.1, 0.15) is 17.0 Å². The molecule has 0 spiro atoms. The van der Waals surface area contributed by atoms with Crippen molar-refractivity contribution in [1.29, 1.82) is 0 Å². The molecule has 0 saturated carbocycles. The summed E-state index contributed by atoms with van der Waals surface area (Å²) in [5.41, 5.74) is 1.41. The number of nitrogens with one attached hydrogen (secondary N) is 1. The number of furan rings is 1. The molecule has 1 amide bonds. The number of carbonyl (C=O) groups excluding carboxylic acids is 1. The number of nitrogens with zero attached hydrogens (tertiary/aromatic N) is 1. The Kier molecular flexibility index (Phi) is 5.71. The zero-order valence-corrected chi connectivity index (χ0v) is 14.8. The summed E-state index contributed by atoms with van der Waals surface area (Å²) in [4.78, 5) is 28.0. The molecule has 7 heteroatoms. The number of rotatable bonds is 8. The molecule has 7 nitrogen and oxygen atoms in total. The zero-order valence-electron chi connectivity index (χ0n) is 14.8. The SMILES string of the molecule is Cc1oc(-c2ccco2)nc1CC(=O)NCC(Cc1ccccc1)C(=O)O. The van der Waals surface area contributed by atoms with Gasteiger partial charge in [-0.25, -0.2) is 4.98 Å². The second-order valence-electron chi connectivity index (χ2n) is 6.20. The smallest absolute Gasteiger partial charge is 0.308 e. The van der Waals surface area contributed by atoms with Gasteiger partial charge in [0.05, 0.1) is 24.3 Å². The highest BCUT2D eigenvalue weighted by Crippen LogP contribution is 2.22. The summed E-state index contributed by atoms with van der Waals surface area (Å²) in [5.74, 6) is -0.635. The highest BCUT2D eigenvalue weighted by Gasteiger charge is 2.20. The van der Waals surface area contributed by atoms with Gasteiger partial charge in [0.25, 0.3) is 5.89 Å². The van der Waals surface area contributed by atoms with E-state index in [2.05, 4.69) is 10.3 Å². The third-order valence-electron chi connectivity index (χ3n) is 4.17. The molecule has 1 atom stereocenters. The van der Waals surface area contributed by atoms with E-state index in [1.54, 1.807) is 19.1 Å². The standard InChI is InChI=1S/C20H20N2O5/c1-13-16(22-19(27-13)17-8-5-9-26-17)11-18(23)21-12-15(20(24)25)10-14-6-3-2-4-7-14/h2-9,15H,10-12H2,1H3,(H,21,23)(H,24,25). The number of hydrogen-bond acceptors (Lipinski definition) is 5. The molecule has 3 aromatic rings. The molecule has 3 rings (SSSR count). The first-order valence-electron chi connectivity index (χ1n) is 8.56. The van der Waals surface area contributed by atoms with Crippen molar-refractivity contribution in [3.63, 3.8) is 0 Å². The number of aromatic nitrogens is 1. The molecule has 2 aromatic heterocycles. The van der Waals surface area contributed by atoms with Crippen LogP contribution in [-0.2, 0) is 22.4 Å². The van der Waals surface area contributed by atoms with E-state index in [0.717, 1.165) is 5.56 Å². The molecule has 1 aromatic carbocycles. The fraction of sp³-hybridized carbons (Fsp3) is 0.250. The van der Waals surface area contributed by atoms with Crippen molar-refractivity contribution < 1.29 is 23.5 Å². The molecule has 0 saturated heterocycles. The molecular weight excluding hydrogens is 348 g/mol. The normalized spacial score (nSPS) is 11.9. The van der Waals surface area contributed by atoms with Crippen LogP contribution in [0.4, 0.5) is 0 Å². The van der Waals surface area contributed by atoms with Crippen LogP contribution in [0.15, 0.2) is 57.6 Å². The Balaban J connectivity index is 1.57. The van der Waals surface area contributed by atoms with Crippen molar-refractivity contribution in [2.75, 3.05) is 6.54 Å². The van der Waals surface area contributed by atoms with Gasteiger partial charge < -0.3 is 19.3 Å². The number of amides is 1. The number of aryl methyl sites for hydroxylation is 1. The van der Waals surface area contributed by atoms with E-state index in [0.29, 0.717) is 29.5 Å². The van der Waals surface area contributed by atoms with Gasteiger partial charge in [0.2, 0.25) is 5.91 Å². The number of carboxylic acids is 1. The molecule has 0 aliphatic carbocycles. The lowest BCUT2D eigenvalue weighted by atomic mass is 9.99. The molecule has 0 aliphatic rings. The minimum Gasteiger partial charge on any atom is -0.481 e. The molecule has 0 aliphatic heterocycles. The van der Waals surface area contributed by atoms with Crippen molar-refractivity contribution in [2.24, 2.45) is 5.92 Å². The van der Waals surface area contributed by atoms with Crippen molar-refractivity contribution in [2.45, 2.75) is 19.8 Å². The average molecular weight is 368 g/mol. The highest BCUT2D eigenvalue weighted by atomic mass is 16.4. The minimum atomic E-state index is -0.947. The Labute approximate surface area is 156 Å². The number of oxazole rings is 1. The molecule has 0 radical (unpaired) electrons. The predicted octanol–water partition coefficient (Wildman–Crippen LogP) is 2.85. The third-order valence-corrected chi connectivity index (χ3v) is 4.17. The Morgan fingerprint density at radius 1 is 1.19 bits per heavy atom. The fourth-order valence-corrected chi connectivity index (χ4v) is 2.69. The molecule has 27 heavy (non-hydrogen) atoms. The lowest BCUT2D eigenvalue weighted by molar-refractivity contribution is -0.141. The van der Waals surface area contributed by atoms with Gasteiger partial charge in [-0.2, -0.15) is 0 Å². The third kappa shape index (κ3) is 4.84. The van der Waals surface area contributed by atoms with Crippen LogP contribution >= 0.6 is 0 Å². The maximum atomic E-state index is 12.2. The molecule has 1 unspecified atom stereocenters. The van der Waals surface area contributed by atoms with Crippen molar-refractivity contribution in [1.82, 2.24) is 10.3 Å². The van der Waals surface area contributed by atoms with E-state index in [9.17, 15) is 14.7 Å². The van der Waals surface area contributed by atoms with Gasteiger partial charge in [0, 0.05) is 6.54 Å². The van der Waals surface area contributed by atoms with E-state index in [4.69, 9.17) is 8.83 Å². The quantitative estimate of drug-likeness (QED) is 0.633. The first kappa shape index (κ1) is 18.4. The van der Waals surface area contributed by atoms with Crippen LogP contribution in [0.5, 0.6) is 0 Å². The Bertz CT molecular complexity index is 900. The van der Waals surface area contributed by atoms with Gasteiger partial charge in [-0.05, 0) is 31.0 Å². The number of hydrogen-bond donors (Lipinski definition) is 2. The molecule has 0 bridgehead atoms. The van der Waals surface area contributed by atoms with E-state index < -0.39 is 11.9 Å². The van der Waals surface area contributed by atoms with E-state index in [-0.39, 0.29) is 18.9 Å². The molecular formula is C20H20N2O5. The Morgan fingerprint density at radius 2 is 1.96 bits per heavy atom. The van der Waals surface area contributed by atoms with Crippen molar-refractivity contribution in [3.05, 3.63) is 65.7 Å². The van der Waals surface area contributed by atoms with Crippen LogP contribution in [0.25, 0.3) is 11.7 Å². The fourth-order valence-electron chi connectivity index (χ4n) is 2.69. The maximum Gasteiger partial charge on any atom is 0.308 e. The number of carboxylic acid groups (broad SMARTS) is 1. The van der Waals surface area contributed by atoms with Crippen LogP contribution in [0.2, 0.25) is 0 Å². The van der Waals surface area contributed by atoms with Crippen LogP contribution in [0, 0.1) is 12.8 Å². The van der Waals surface area contributed by atoms with Crippen molar-refractivity contribution in [3.8, 4) is 11.7 Å². The second-order valence-corrected chi connectivity index (χ2v) is 6.20. The topological polar surface area (TPSA) is 106 Å². The predicted molar refractivity (Wildman–Crippen MR) is 96.9 cm³/mol. The Morgan fingerprint density at radius 3 is 2.63 bits per heavy atom. The largest absolute Gasteiger partial charge is 0.481 e. The lowest BCUT2D eigenvalue weighted by Gasteiger charge is -2.13. The average Bonchev–Trinajstić information content (AvgIpc) is 3.30. The second kappa shape index (κ2) is 8.35. The first-order valence-corrected chi connectivity index (χ1v) is 8.56. The minimum absolute atomic E-state index is 0.00766. The summed E-state index contributed by atoms with van der Waals surface area (Å²) in [7, 11) is 0. The summed E-state index contributed by atoms with van der Waals surface area (Å²) in [6.45, 7) is 1.77. The number of aliphatic carboxylic acids is 1. The van der Waals surface area contributed by atoms with Gasteiger partial charge in [-0.3, -0.25) is 9.59 Å². The van der Waals surface area contributed by atoms with Gasteiger partial charge in [0.15, 0.2) is 5.76 Å². The summed E-state index contributed by atoms with van der Waals surface area (Å²) >= 11 is 0. The molecule has 2 heterocycles. The monoisotopic (exact) mass is 368 g/mol. The van der Waals surface area contributed by atoms with Gasteiger partial charge in [-0.15, -0.1) is 0 Å². The maximum absolute atomic E-state index is 12.2. The van der Waals surface area contributed by atoms with E-state index in [1.165, 1.54) is 6.26 Å². The lowest BCUT2D eigenvalue weighted by Crippen LogP contribution is -2.35. The number of benzene rings is 1. The number of carbonyl (C=O) groups is 2. The summed E-state index contributed by atoms with van der Waals surface area (Å²) in [6, 6.07) is 12.8. The molecule has 2 N–H and O–H groups in total. The van der Waals surface area contributed by atoms with Crippen LogP contribution in [0.3, 0.4) is 0 Å². The van der Waals surface area contributed by atoms with Gasteiger partial charge in [-0.1, -0.05) is 30.3 Å². The first-order chi connectivity index (χ1) is 13.0. The molecule has 140 valence electrons. The summed E-state index contributed by atoms with van der Waals surface area (Å²) < 4.78 is 10.8. The van der Waals surface area contributed by atoms with Gasteiger partial charge >= 0.3 is 5.97 Å². The van der Waals surface area contributed by atoms with Crippen LogP contribution < -0.4 is 5.32 Å².